The second kappa shape index (κ2) is 7.54. The van der Waals surface area contributed by atoms with Crippen LogP contribution in [0.2, 0.25) is 5.02 Å². The quantitative estimate of drug-likeness (QED) is 0.807. The van der Waals surface area contributed by atoms with Crippen LogP contribution >= 0.6 is 27.5 Å². The van der Waals surface area contributed by atoms with Gasteiger partial charge < -0.3 is 10.2 Å². The number of amides is 2. The van der Waals surface area contributed by atoms with Crippen LogP contribution in [0.1, 0.15) is 12.0 Å². The van der Waals surface area contributed by atoms with E-state index in [0.717, 1.165) is 10.0 Å². The Morgan fingerprint density at radius 2 is 2.00 bits per heavy atom. The maximum absolute atomic E-state index is 13.3. The summed E-state index contributed by atoms with van der Waals surface area (Å²) >= 11 is 9.13. The monoisotopic (exact) mass is 424 g/mol. The first kappa shape index (κ1) is 17.9. The van der Waals surface area contributed by atoms with E-state index in [-0.39, 0.29) is 29.8 Å². The predicted molar refractivity (Wildman–Crippen MR) is 97.9 cm³/mol. The standard InChI is InChI=1S/C18H15BrClFN2O2/c19-13-3-1-11(2-4-13)9-22-18(25)12-7-17(24)23(10-12)14-5-6-16(21)15(20)8-14/h1-6,8,12H,7,9-10H2,(H,22,25)/t12-/m0/s1. The topological polar surface area (TPSA) is 49.4 Å². The summed E-state index contributed by atoms with van der Waals surface area (Å²) < 4.78 is 14.2. The Labute approximate surface area is 158 Å². The van der Waals surface area contributed by atoms with Gasteiger partial charge in [0.2, 0.25) is 11.8 Å². The van der Waals surface area contributed by atoms with Gasteiger partial charge in [-0.15, -0.1) is 0 Å². The van der Waals surface area contributed by atoms with E-state index in [2.05, 4.69) is 21.2 Å². The summed E-state index contributed by atoms with van der Waals surface area (Å²) in [5.74, 6) is -1.33. The van der Waals surface area contributed by atoms with Gasteiger partial charge in [-0.3, -0.25) is 9.59 Å². The zero-order valence-corrected chi connectivity index (χ0v) is 15.5. The summed E-state index contributed by atoms with van der Waals surface area (Å²) in [6.07, 6.45) is 0.126. The van der Waals surface area contributed by atoms with E-state index in [4.69, 9.17) is 11.6 Å². The molecular weight excluding hydrogens is 411 g/mol. The Kier molecular flexibility index (Phi) is 5.39. The number of halogens is 3. The molecule has 2 amide bonds. The number of nitrogens with zero attached hydrogens (tertiary/aromatic N) is 1. The molecule has 0 saturated carbocycles. The Bertz CT molecular complexity index is 813. The molecule has 7 heteroatoms. The van der Waals surface area contributed by atoms with E-state index in [0.29, 0.717) is 12.2 Å². The van der Waals surface area contributed by atoms with Crippen molar-refractivity contribution in [3.05, 3.63) is 63.3 Å². The van der Waals surface area contributed by atoms with E-state index < -0.39 is 11.7 Å². The highest BCUT2D eigenvalue weighted by molar-refractivity contribution is 9.10. The van der Waals surface area contributed by atoms with Crippen LogP contribution in [-0.4, -0.2) is 18.4 Å². The summed E-state index contributed by atoms with van der Waals surface area (Å²) in [6, 6.07) is 11.7. The van der Waals surface area contributed by atoms with Crippen LogP contribution in [0.5, 0.6) is 0 Å². The maximum atomic E-state index is 13.3. The number of hydrogen-bond donors (Lipinski definition) is 1. The minimum Gasteiger partial charge on any atom is -0.352 e. The zero-order chi connectivity index (χ0) is 18.0. The molecule has 1 atom stereocenters. The van der Waals surface area contributed by atoms with Gasteiger partial charge in [0, 0.05) is 29.7 Å². The molecule has 1 N–H and O–H groups in total. The van der Waals surface area contributed by atoms with E-state index >= 15 is 0 Å². The van der Waals surface area contributed by atoms with Crippen molar-refractivity contribution in [1.82, 2.24) is 5.32 Å². The highest BCUT2D eigenvalue weighted by Gasteiger charge is 2.35. The molecule has 0 radical (unpaired) electrons. The summed E-state index contributed by atoms with van der Waals surface area (Å²) in [7, 11) is 0. The molecule has 0 spiro atoms. The molecule has 25 heavy (non-hydrogen) atoms. The fourth-order valence-electron chi connectivity index (χ4n) is 2.72. The second-order valence-corrected chi connectivity index (χ2v) is 7.17. The number of nitrogens with one attached hydrogen (secondary N) is 1. The van der Waals surface area contributed by atoms with Crippen LogP contribution in [0, 0.1) is 11.7 Å². The van der Waals surface area contributed by atoms with Crippen molar-refractivity contribution in [2.75, 3.05) is 11.4 Å². The fourth-order valence-corrected chi connectivity index (χ4v) is 3.16. The number of anilines is 1. The SMILES string of the molecule is O=C(NCc1ccc(Br)cc1)[C@H]1CC(=O)N(c2ccc(F)c(Cl)c2)C1. The van der Waals surface area contributed by atoms with Crippen LogP contribution in [0.4, 0.5) is 10.1 Å². The van der Waals surface area contributed by atoms with Crippen molar-refractivity contribution >= 4 is 45.0 Å². The van der Waals surface area contributed by atoms with E-state index in [1.807, 2.05) is 24.3 Å². The predicted octanol–water partition coefficient (Wildman–Crippen LogP) is 3.91. The van der Waals surface area contributed by atoms with Gasteiger partial charge in [0.25, 0.3) is 0 Å². The van der Waals surface area contributed by atoms with Crippen molar-refractivity contribution in [2.45, 2.75) is 13.0 Å². The molecule has 4 nitrogen and oxygen atoms in total. The third-order valence-electron chi connectivity index (χ3n) is 4.09. The summed E-state index contributed by atoms with van der Waals surface area (Å²) in [4.78, 5) is 26.0. The lowest BCUT2D eigenvalue weighted by atomic mass is 10.1. The van der Waals surface area contributed by atoms with Gasteiger partial charge >= 0.3 is 0 Å². The third kappa shape index (κ3) is 4.19. The van der Waals surface area contributed by atoms with Crippen LogP contribution in [0.25, 0.3) is 0 Å². The maximum Gasteiger partial charge on any atom is 0.227 e. The first-order valence-corrected chi connectivity index (χ1v) is 8.88. The van der Waals surface area contributed by atoms with E-state index in [1.165, 1.54) is 23.1 Å². The molecule has 0 unspecified atom stereocenters. The summed E-state index contributed by atoms with van der Waals surface area (Å²) in [5, 5.41) is 2.81. The number of carbonyl (C=O) groups is 2. The van der Waals surface area contributed by atoms with Gasteiger partial charge in [0.05, 0.1) is 10.9 Å². The van der Waals surface area contributed by atoms with Crippen molar-refractivity contribution < 1.29 is 14.0 Å². The van der Waals surface area contributed by atoms with Crippen LogP contribution in [0.3, 0.4) is 0 Å². The number of carbonyl (C=O) groups excluding carboxylic acids is 2. The fraction of sp³-hybridized carbons (Fsp3) is 0.222. The lowest BCUT2D eigenvalue weighted by Gasteiger charge is -2.17. The molecule has 1 fully saturated rings. The molecule has 2 aromatic rings. The molecule has 3 rings (SSSR count). The number of rotatable bonds is 4. The van der Waals surface area contributed by atoms with Crippen LogP contribution in [-0.2, 0) is 16.1 Å². The minimum absolute atomic E-state index is 0.0477. The van der Waals surface area contributed by atoms with Crippen molar-refractivity contribution in [1.29, 1.82) is 0 Å². The lowest BCUT2D eigenvalue weighted by Crippen LogP contribution is -2.32. The van der Waals surface area contributed by atoms with Gasteiger partial charge in [0.15, 0.2) is 0 Å². The average molecular weight is 426 g/mol. The Hall–Kier alpha value is -1.92. The molecule has 0 bridgehead atoms. The normalized spacial score (nSPS) is 17.0. The van der Waals surface area contributed by atoms with Crippen LogP contribution in [0.15, 0.2) is 46.9 Å². The van der Waals surface area contributed by atoms with Gasteiger partial charge in [-0.25, -0.2) is 4.39 Å². The molecule has 130 valence electrons. The molecule has 1 heterocycles. The summed E-state index contributed by atoms with van der Waals surface area (Å²) in [5.41, 5.74) is 1.47. The van der Waals surface area contributed by atoms with Gasteiger partial charge in [-0.05, 0) is 35.9 Å². The minimum atomic E-state index is -0.541. The van der Waals surface area contributed by atoms with E-state index in [1.54, 1.807) is 0 Å². The van der Waals surface area contributed by atoms with Gasteiger partial charge in [0.1, 0.15) is 5.82 Å². The highest BCUT2D eigenvalue weighted by atomic mass is 79.9. The lowest BCUT2D eigenvalue weighted by molar-refractivity contribution is -0.126. The first-order valence-electron chi connectivity index (χ1n) is 7.71. The molecule has 2 aromatic carbocycles. The van der Waals surface area contributed by atoms with Crippen molar-refractivity contribution in [3.63, 3.8) is 0 Å². The number of benzene rings is 2. The summed E-state index contributed by atoms with van der Waals surface area (Å²) in [6.45, 7) is 0.659. The largest absolute Gasteiger partial charge is 0.352 e. The molecule has 1 aliphatic rings. The van der Waals surface area contributed by atoms with Crippen LogP contribution < -0.4 is 10.2 Å². The molecule has 1 aliphatic heterocycles. The number of hydrogen-bond acceptors (Lipinski definition) is 2. The van der Waals surface area contributed by atoms with Gasteiger partial charge in [-0.1, -0.05) is 39.7 Å². The Balaban J connectivity index is 1.62. The highest BCUT2D eigenvalue weighted by Crippen LogP contribution is 2.28. The van der Waals surface area contributed by atoms with Crippen molar-refractivity contribution in [2.24, 2.45) is 5.92 Å². The van der Waals surface area contributed by atoms with Gasteiger partial charge in [-0.2, -0.15) is 0 Å². The first-order chi connectivity index (χ1) is 11.9. The van der Waals surface area contributed by atoms with Crippen molar-refractivity contribution in [3.8, 4) is 0 Å². The molecular formula is C18H15BrClFN2O2. The zero-order valence-electron chi connectivity index (χ0n) is 13.1. The smallest absolute Gasteiger partial charge is 0.227 e. The second-order valence-electron chi connectivity index (χ2n) is 5.85. The molecule has 1 saturated heterocycles. The Morgan fingerprint density at radius 1 is 1.28 bits per heavy atom. The molecule has 0 aromatic heterocycles. The van der Waals surface area contributed by atoms with E-state index in [9.17, 15) is 14.0 Å². The Morgan fingerprint density at radius 3 is 2.68 bits per heavy atom. The molecule has 0 aliphatic carbocycles. The average Bonchev–Trinajstić information content (AvgIpc) is 2.98. The third-order valence-corrected chi connectivity index (χ3v) is 4.91.